The van der Waals surface area contributed by atoms with Gasteiger partial charge in [-0.15, -0.1) is 0 Å². The molecule has 21 heavy (non-hydrogen) atoms. The summed E-state index contributed by atoms with van der Waals surface area (Å²) in [5.74, 6) is -0.983. The van der Waals surface area contributed by atoms with Crippen molar-refractivity contribution in [1.29, 1.82) is 0 Å². The van der Waals surface area contributed by atoms with E-state index in [-0.39, 0.29) is 25.4 Å². The standard InChI is InChI=1S/C15H18O6/c1-11(2)15(18)21-9-7-19-6-8-20-13-5-3-4-12(10-13)14(16)17/h3-5,10H,1,6-9H2,2H3,(H,16,17). The summed E-state index contributed by atoms with van der Waals surface area (Å²) in [5, 5.41) is 8.83. The fraction of sp³-hybridized carbons (Fsp3) is 0.333. The number of carbonyl (C=O) groups is 2. The second-order valence-corrected chi connectivity index (χ2v) is 4.21. The van der Waals surface area contributed by atoms with Crippen LogP contribution < -0.4 is 4.74 Å². The molecule has 0 aliphatic rings. The Morgan fingerprint density at radius 2 is 1.90 bits per heavy atom. The summed E-state index contributed by atoms with van der Waals surface area (Å²) in [6.45, 7) is 6.03. The Morgan fingerprint density at radius 1 is 1.19 bits per heavy atom. The van der Waals surface area contributed by atoms with Gasteiger partial charge in [-0.3, -0.25) is 0 Å². The van der Waals surface area contributed by atoms with Crippen LogP contribution in [0.15, 0.2) is 36.4 Å². The molecule has 0 amide bonds. The molecule has 1 aromatic carbocycles. The average Bonchev–Trinajstić information content (AvgIpc) is 2.46. The lowest BCUT2D eigenvalue weighted by Gasteiger charge is -2.08. The van der Waals surface area contributed by atoms with Crippen LogP contribution in [-0.4, -0.2) is 43.5 Å². The molecule has 0 aliphatic carbocycles. The predicted molar refractivity (Wildman–Crippen MR) is 75.5 cm³/mol. The molecule has 0 heterocycles. The van der Waals surface area contributed by atoms with Gasteiger partial charge in [0, 0.05) is 5.57 Å². The predicted octanol–water partition coefficient (Wildman–Crippen LogP) is 1.90. The lowest BCUT2D eigenvalue weighted by atomic mass is 10.2. The molecule has 0 aliphatic heterocycles. The normalized spacial score (nSPS) is 9.95. The fourth-order valence-electron chi connectivity index (χ4n) is 1.36. The van der Waals surface area contributed by atoms with Gasteiger partial charge in [-0.2, -0.15) is 0 Å². The van der Waals surface area contributed by atoms with Gasteiger partial charge in [0.25, 0.3) is 0 Å². The summed E-state index contributed by atoms with van der Waals surface area (Å²) < 4.78 is 15.4. The van der Waals surface area contributed by atoms with Crippen LogP contribution in [0.3, 0.4) is 0 Å². The molecule has 1 N–H and O–H groups in total. The van der Waals surface area contributed by atoms with Crippen molar-refractivity contribution in [2.24, 2.45) is 0 Å². The van der Waals surface area contributed by atoms with E-state index in [2.05, 4.69) is 6.58 Å². The van der Waals surface area contributed by atoms with Crippen LogP contribution in [0, 0.1) is 0 Å². The molecule has 0 radical (unpaired) electrons. The highest BCUT2D eigenvalue weighted by Crippen LogP contribution is 2.13. The van der Waals surface area contributed by atoms with E-state index < -0.39 is 11.9 Å². The number of carboxylic acid groups (broad SMARTS) is 1. The van der Waals surface area contributed by atoms with Crippen LogP contribution in [-0.2, 0) is 14.3 Å². The Hall–Kier alpha value is -2.34. The van der Waals surface area contributed by atoms with Crippen molar-refractivity contribution in [2.45, 2.75) is 6.92 Å². The molecule has 114 valence electrons. The summed E-state index contributed by atoms with van der Waals surface area (Å²) >= 11 is 0. The van der Waals surface area contributed by atoms with Crippen molar-refractivity contribution >= 4 is 11.9 Å². The summed E-state index contributed by atoms with van der Waals surface area (Å²) in [5.41, 5.74) is 0.511. The highest BCUT2D eigenvalue weighted by molar-refractivity contribution is 5.88. The van der Waals surface area contributed by atoms with Gasteiger partial charge in [-0.05, 0) is 25.1 Å². The largest absolute Gasteiger partial charge is 0.491 e. The molecule has 0 bridgehead atoms. The zero-order valence-corrected chi connectivity index (χ0v) is 11.8. The Labute approximate surface area is 122 Å². The van der Waals surface area contributed by atoms with E-state index in [1.54, 1.807) is 19.1 Å². The lowest BCUT2D eigenvalue weighted by Crippen LogP contribution is -2.14. The smallest absolute Gasteiger partial charge is 0.335 e. The van der Waals surface area contributed by atoms with Crippen LogP contribution in [0.5, 0.6) is 5.75 Å². The fourth-order valence-corrected chi connectivity index (χ4v) is 1.36. The zero-order chi connectivity index (χ0) is 15.7. The van der Waals surface area contributed by atoms with Crippen LogP contribution in [0.2, 0.25) is 0 Å². The molecule has 0 saturated carbocycles. The summed E-state index contributed by atoms with van der Waals surface area (Å²) in [4.78, 5) is 21.8. The van der Waals surface area contributed by atoms with Crippen LogP contribution in [0.4, 0.5) is 0 Å². The van der Waals surface area contributed by atoms with Crippen molar-refractivity contribution in [3.8, 4) is 5.75 Å². The van der Waals surface area contributed by atoms with Crippen molar-refractivity contribution in [3.63, 3.8) is 0 Å². The molecular weight excluding hydrogens is 276 g/mol. The number of rotatable bonds is 9. The van der Waals surface area contributed by atoms with Crippen molar-refractivity contribution in [1.82, 2.24) is 0 Å². The minimum absolute atomic E-state index is 0.153. The lowest BCUT2D eigenvalue weighted by molar-refractivity contribution is -0.140. The number of hydrogen-bond donors (Lipinski definition) is 1. The quantitative estimate of drug-likeness (QED) is 0.425. The molecule has 0 fully saturated rings. The summed E-state index contributed by atoms with van der Waals surface area (Å²) in [6, 6.07) is 6.20. The van der Waals surface area contributed by atoms with Gasteiger partial charge in [-0.25, -0.2) is 9.59 Å². The summed E-state index contributed by atoms with van der Waals surface area (Å²) in [7, 11) is 0. The summed E-state index contributed by atoms with van der Waals surface area (Å²) in [6.07, 6.45) is 0. The first-order valence-corrected chi connectivity index (χ1v) is 6.37. The van der Waals surface area contributed by atoms with Gasteiger partial charge < -0.3 is 19.3 Å². The maximum atomic E-state index is 11.1. The third kappa shape index (κ3) is 6.58. The maximum Gasteiger partial charge on any atom is 0.335 e. The molecule has 1 aromatic rings. The number of aromatic carboxylic acids is 1. The van der Waals surface area contributed by atoms with Crippen molar-refractivity contribution in [2.75, 3.05) is 26.4 Å². The molecular formula is C15H18O6. The minimum atomic E-state index is -1.00. The Balaban J connectivity index is 2.14. The molecule has 0 unspecified atom stereocenters. The molecule has 6 nitrogen and oxygen atoms in total. The van der Waals surface area contributed by atoms with E-state index in [4.69, 9.17) is 19.3 Å². The molecule has 0 saturated heterocycles. The van der Waals surface area contributed by atoms with Gasteiger partial charge in [0.15, 0.2) is 0 Å². The van der Waals surface area contributed by atoms with Gasteiger partial charge in [0.1, 0.15) is 19.0 Å². The Kier molecular flexibility index (Phi) is 6.97. The number of benzene rings is 1. The third-order valence-electron chi connectivity index (χ3n) is 2.39. The molecule has 0 atom stereocenters. The van der Waals surface area contributed by atoms with E-state index >= 15 is 0 Å². The SMILES string of the molecule is C=C(C)C(=O)OCCOCCOc1cccc(C(=O)O)c1. The third-order valence-corrected chi connectivity index (χ3v) is 2.39. The first-order valence-electron chi connectivity index (χ1n) is 6.37. The van der Waals surface area contributed by atoms with Crippen LogP contribution >= 0.6 is 0 Å². The van der Waals surface area contributed by atoms with Crippen LogP contribution in [0.1, 0.15) is 17.3 Å². The van der Waals surface area contributed by atoms with Gasteiger partial charge in [0.2, 0.25) is 0 Å². The Morgan fingerprint density at radius 3 is 2.57 bits per heavy atom. The number of hydrogen-bond acceptors (Lipinski definition) is 5. The van der Waals surface area contributed by atoms with Crippen molar-refractivity contribution in [3.05, 3.63) is 42.0 Å². The van der Waals surface area contributed by atoms with Gasteiger partial charge in [0.05, 0.1) is 18.8 Å². The average molecular weight is 294 g/mol. The van der Waals surface area contributed by atoms with Gasteiger partial charge in [-0.1, -0.05) is 12.6 Å². The maximum absolute atomic E-state index is 11.1. The highest BCUT2D eigenvalue weighted by Gasteiger charge is 2.04. The first kappa shape index (κ1) is 16.7. The molecule has 6 heteroatoms. The van der Waals surface area contributed by atoms with Crippen molar-refractivity contribution < 1.29 is 28.9 Å². The highest BCUT2D eigenvalue weighted by atomic mass is 16.6. The number of carboxylic acids is 1. The number of esters is 1. The zero-order valence-electron chi connectivity index (χ0n) is 11.8. The van der Waals surface area contributed by atoms with E-state index in [0.717, 1.165) is 0 Å². The van der Waals surface area contributed by atoms with E-state index in [1.165, 1.54) is 12.1 Å². The monoisotopic (exact) mass is 294 g/mol. The van der Waals surface area contributed by atoms with E-state index in [9.17, 15) is 9.59 Å². The second kappa shape index (κ2) is 8.76. The van der Waals surface area contributed by atoms with Crippen LogP contribution in [0.25, 0.3) is 0 Å². The minimum Gasteiger partial charge on any atom is -0.491 e. The topological polar surface area (TPSA) is 82.1 Å². The second-order valence-electron chi connectivity index (χ2n) is 4.21. The molecule has 0 spiro atoms. The van der Waals surface area contributed by atoms with E-state index in [1.807, 2.05) is 0 Å². The number of ether oxygens (including phenoxy) is 3. The van der Waals surface area contributed by atoms with E-state index in [0.29, 0.717) is 17.9 Å². The van der Waals surface area contributed by atoms with Gasteiger partial charge >= 0.3 is 11.9 Å². The first-order chi connectivity index (χ1) is 10.0. The number of carbonyl (C=O) groups excluding carboxylic acids is 1. The molecule has 0 aromatic heterocycles. The molecule has 1 rings (SSSR count). The Bertz CT molecular complexity index is 509.